The Labute approximate surface area is 166 Å². The van der Waals surface area contributed by atoms with E-state index in [0.717, 1.165) is 16.0 Å². The molecule has 1 N–H and O–H groups in total. The van der Waals surface area contributed by atoms with Crippen LogP contribution in [0.4, 0.5) is 0 Å². The molecule has 2 aromatic heterocycles. The van der Waals surface area contributed by atoms with Crippen LogP contribution in [0.1, 0.15) is 16.7 Å². The summed E-state index contributed by atoms with van der Waals surface area (Å²) in [5.74, 6) is -0.245. The summed E-state index contributed by atoms with van der Waals surface area (Å²) in [4.78, 5) is 20.7. The van der Waals surface area contributed by atoms with Crippen molar-refractivity contribution >= 4 is 45.0 Å². The van der Waals surface area contributed by atoms with E-state index in [-0.39, 0.29) is 6.42 Å². The van der Waals surface area contributed by atoms with Crippen molar-refractivity contribution in [3.63, 3.8) is 0 Å². The Morgan fingerprint density at radius 2 is 2.08 bits per heavy atom. The molecule has 0 fully saturated rings. The van der Waals surface area contributed by atoms with Gasteiger partial charge in [-0.2, -0.15) is 5.26 Å². The summed E-state index contributed by atoms with van der Waals surface area (Å²) in [6, 6.07) is 13.4. The largest absolute Gasteiger partial charge is 0.481 e. The van der Waals surface area contributed by atoms with Crippen molar-refractivity contribution in [3.8, 4) is 16.6 Å². The van der Waals surface area contributed by atoms with Crippen LogP contribution in [0, 0.1) is 11.3 Å². The number of nitriles is 1. The highest BCUT2D eigenvalue weighted by molar-refractivity contribution is 9.10. The average Bonchev–Trinajstić information content (AvgIpc) is 3.14. The number of benzene rings is 1. The molecule has 0 amide bonds. The first-order valence-corrected chi connectivity index (χ1v) is 10.2. The fourth-order valence-corrected chi connectivity index (χ4v) is 4.39. The van der Waals surface area contributed by atoms with E-state index in [1.165, 1.54) is 23.1 Å². The normalized spacial score (nSPS) is 10.5. The molecular formula is C18H12BrN3O2S2. The van der Waals surface area contributed by atoms with Crippen LogP contribution in [0.15, 0.2) is 51.5 Å². The summed E-state index contributed by atoms with van der Waals surface area (Å²) in [6.07, 6.45) is -0.0000524. The summed E-state index contributed by atoms with van der Waals surface area (Å²) >= 11 is 6.32. The van der Waals surface area contributed by atoms with Gasteiger partial charge in [0.15, 0.2) is 5.16 Å². The van der Waals surface area contributed by atoms with Gasteiger partial charge in [0.25, 0.3) is 0 Å². The first kappa shape index (κ1) is 18.6. The number of thioether (sulfide) groups is 1. The van der Waals surface area contributed by atoms with Crippen molar-refractivity contribution < 1.29 is 9.90 Å². The predicted molar refractivity (Wildman–Crippen MR) is 105 cm³/mol. The lowest BCUT2D eigenvalue weighted by Crippen LogP contribution is -2.00. The number of nitrogens with zero attached hydrogens (tertiary/aromatic N) is 3. The molecule has 130 valence electrons. The molecule has 0 aliphatic heterocycles. The van der Waals surface area contributed by atoms with Gasteiger partial charge in [-0.05, 0) is 38.5 Å². The molecule has 0 bridgehead atoms. The van der Waals surface area contributed by atoms with Crippen LogP contribution in [0.2, 0.25) is 0 Å². The molecule has 3 aromatic rings. The molecule has 0 atom stereocenters. The molecule has 0 spiro atoms. The first-order valence-electron chi connectivity index (χ1n) is 7.50. The van der Waals surface area contributed by atoms with Gasteiger partial charge in [0, 0.05) is 5.75 Å². The maximum absolute atomic E-state index is 10.9. The highest BCUT2D eigenvalue weighted by atomic mass is 79.9. The second kappa shape index (κ2) is 8.45. The van der Waals surface area contributed by atoms with E-state index >= 15 is 0 Å². The Kier molecular flexibility index (Phi) is 6.04. The monoisotopic (exact) mass is 445 g/mol. The zero-order valence-corrected chi connectivity index (χ0v) is 16.6. The van der Waals surface area contributed by atoms with E-state index in [4.69, 9.17) is 5.11 Å². The van der Waals surface area contributed by atoms with Gasteiger partial charge in [-0.1, -0.05) is 42.1 Å². The van der Waals surface area contributed by atoms with Gasteiger partial charge in [0.2, 0.25) is 0 Å². The van der Waals surface area contributed by atoms with E-state index in [1.54, 1.807) is 6.07 Å². The van der Waals surface area contributed by atoms with Crippen molar-refractivity contribution in [1.29, 1.82) is 5.26 Å². The number of carbonyl (C=O) groups is 1. The van der Waals surface area contributed by atoms with Gasteiger partial charge in [-0.3, -0.25) is 4.79 Å². The third-order valence-electron chi connectivity index (χ3n) is 3.43. The Morgan fingerprint density at radius 1 is 1.27 bits per heavy atom. The zero-order valence-electron chi connectivity index (χ0n) is 13.3. The second-order valence-corrected chi connectivity index (χ2v) is 7.93. The van der Waals surface area contributed by atoms with Crippen molar-refractivity contribution in [1.82, 2.24) is 9.97 Å². The highest BCUT2D eigenvalue weighted by Crippen LogP contribution is 2.32. The number of aromatic nitrogens is 2. The summed E-state index contributed by atoms with van der Waals surface area (Å²) < 4.78 is 0.473. The molecule has 0 saturated heterocycles. The van der Waals surface area contributed by atoms with Crippen LogP contribution in [0.25, 0.3) is 10.6 Å². The average molecular weight is 446 g/mol. The van der Waals surface area contributed by atoms with E-state index < -0.39 is 5.97 Å². The van der Waals surface area contributed by atoms with Crippen molar-refractivity contribution in [2.45, 2.75) is 17.3 Å². The van der Waals surface area contributed by atoms with E-state index in [0.29, 0.717) is 26.8 Å². The van der Waals surface area contributed by atoms with Crippen molar-refractivity contribution in [2.24, 2.45) is 0 Å². The molecular weight excluding hydrogens is 434 g/mol. The highest BCUT2D eigenvalue weighted by Gasteiger charge is 2.15. The quantitative estimate of drug-likeness (QED) is 0.334. The molecule has 1 aromatic carbocycles. The molecule has 0 unspecified atom stereocenters. The molecule has 2 heterocycles. The third-order valence-corrected chi connectivity index (χ3v) is 5.79. The van der Waals surface area contributed by atoms with Crippen LogP contribution < -0.4 is 0 Å². The van der Waals surface area contributed by atoms with Crippen molar-refractivity contribution in [2.75, 3.05) is 0 Å². The second-order valence-electron chi connectivity index (χ2n) is 5.29. The standard InChI is InChI=1S/C18H12BrN3O2S2/c19-17-13(9-20)16(14-5-2-6-25-14)21-18(22-17)26-10-12-4-1-3-11(7-12)8-15(23)24/h1-7H,8,10H2,(H,23,24). The van der Waals surface area contributed by atoms with Gasteiger partial charge >= 0.3 is 5.97 Å². The number of halogens is 1. The van der Waals surface area contributed by atoms with Crippen molar-refractivity contribution in [3.05, 3.63) is 63.1 Å². The number of thiophene rings is 1. The van der Waals surface area contributed by atoms with Crippen LogP contribution in [0.3, 0.4) is 0 Å². The van der Waals surface area contributed by atoms with Gasteiger partial charge in [-0.25, -0.2) is 9.97 Å². The summed E-state index contributed by atoms with van der Waals surface area (Å²) in [6.45, 7) is 0. The van der Waals surface area contributed by atoms with Crippen LogP contribution in [0.5, 0.6) is 0 Å². The minimum absolute atomic E-state index is 0.0000524. The van der Waals surface area contributed by atoms with Gasteiger partial charge in [0.1, 0.15) is 21.9 Å². The van der Waals surface area contributed by atoms with Crippen LogP contribution in [-0.2, 0) is 17.0 Å². The Balaban J connectivity index is 1.83. The van der Waals surface area contributed by atoms with Gasteiger partial charge in [-0.15, -0.1) is 11.3 Å². The number of rotatable bonds is 6. The fourth-order valence-electron chi connectivity index (χ4n) is 2.32. The van der Waals surface area contributed by atoms with Gasteiger partial charge in [0.05, 0.1) is 11.3 Å². The number of carboxylic acids is 1. The number of hydrogen-bond acceptors (Lipinski definition) is 6. The molecule has 26 heavy (non-hydrogen) atoms. The van der Waals surface area contributed by atoms with E-state index in [1.807, 2.05) is 35.7 Å². The zero-order chi connectivity index (χ0) is 18.5. The summed E-state index contributed by atoms with van der Waals surface area (Å²) in [5, 5.41) is 20.8. The van der Waals surface area contributed by atoms with Crippen LogP contribution in [-0.4, -0.2) is 21.0 Å². The molecule has 5 nitrogen and oxygen atoms in total. The Hall–Kier alpha value is -2.21. The number of hydrogen-bond donors (Lipinski definition) is 1. The maximum atomic E-state index is 10.9. The predicted octanol–water partition coefficient (Wildman–Crippen LogP) is 4.76. The molecule has 0 aliphatic carbocycles. The molecule has 3 rings (SSSR count). The Bertz CT molecular complexity index is 985. The van der Waals surface area contributed by atoms with Gasteiger partial charge < -0.3 is 5.11 Å². The van der Waals surface area contributed by atoms with Crippen LogP contribution >= 0.6 is 39.0 Å². The van der Waals surface area contributed by atoms with E-state index in [2.05, 4.69) is 32.0 Å². The Morgan fingerprint density at radius 3 is 2.77 bits per heavy atom. The van der Waals surface area contributed by atoms with E-state index in [9.17, 15) is 10.1 Å². The SMILES string of the molecule is N#Cc1c(Br)nc(SCc2cccc(CC(=O)O)c2)nc1-c1cccs1. The minimum atomic E-state index is -0.852. The lowest BCUT2D eigenvalue weighted by atomic mass is 10.1. The summed E-state index contributed by atoms with van der Waals surface area (Å²) in [7, 11) is 0. The molecule has 8 heteroatoms. The first-order chi connectivity index (χ1) is 12.6. The number of carboxylic acid groups (broad SMARTS) is 1. The molecule has 0 radical (unpaired) electrons. The molecule has 0 aliphatic rings. The molecule has 0 saturated carbocycles. The lowest BCUT2D eigenvalue weighted by Gasteiger charge is -2.07. The topological polar surface area (TPSA) is 86.9 Å². The minimum Gasteiger partial charge on any atom is -0.481 e. The number of aliphatic carboxylic acids is 1. The lowest BCUT2D eigenvalue weighted by molar-refractivity contribution is -0.136. The third kappa shape index (κ3) is 4.49. The smallest absolute Gasteiger partial charge is 0.307 e. The summed E-state index contributed by atoms with van der Waals surface area (Å²) in [5.41, 5.74) is 2.79. The maximum Gasteiger partial charge on any atom is 0.307 e. The fraction of sp³-hybridized carbons (Fsp3) is 0.111.